The molecule has 0 amide bonds. The van der Waals surface area contributed by atoms with Crippen molar-refractivity contribution < 1.29 is 8.42 Å². The molecule has 0 spiro atoms. The third-order valence-corrected chi connectivity index (χ3v) is 5.24. The van der Waals surface area contributed by atoms with Gasteiger partial charge in [-0.3, -0.25) is 4.40 Å². The number of aromatic nitrogens is 2. The number of rotatable bonds is 4. The van der Waals surface area contributed by atoms with E-state index in [1.54, 1.807) is 31.4 Å². The maximum atomic E-state index is 12.6. The highest BCUT2D eigenvalue weighted by Crippen LogP contribution is 2.32. The molecule has 0 aliphatic heterocycles. The van der Waals surface area contributed by atoms with Crippen molar-refractivity contribution >= 4 is 21.5 Å². The molecule has 1 fully saturated rings. The molecule has 2 heterocycles. The zero-order valence-electron chi connectivity index (χ0n) is 10.4. The summed E-state index contributed by atoms with van der Waals surface area (Å²) < 4.78 is 28.2. The van der Waals surface area contributed by atoms with Crippen molar-refractivity contribution in [3.05, 3.63) is 24.4 Å². The number of sulfonamides is 1. The Morgan fingerprint density at radius 1 is 1.47 bits per heavy atom. The van der Waals surface area contributed by atoms with E-state index in [0.29, 0.717) is 5.65 Å². The Kier molecular flexibility index (Phi) is 2.73. The molecular formula is C11H15N5O2S. The van der Waals surface area contributed by atoms with Crippen LogP contribution in [0.2, 0.25) is 0 Å². The molecule has 102 valence electrons. The largest absolute Gasteiger partial charge is 0.306 e. The number of hydrogen-bond donors (Lipinski definition) is 2. The monoisotopic (exact) mass is 281 g/mol. The van der Waals surface area contributed by atoms with E-state index < -0.39 is 10.0 Å². The van der Waals surface area contributed by atoms with Crippen molar-refractivity contribution in [3.8, 4) is 0 Å². The SMILES string of the molecule is CN(C1CC1)S(=O)(=O)c1c(NN)nc2ccccn12. The first-order chi connectivity index (χ1) is 9.05. The predicted octanol–water partition coefficient (Wildman–Crippen LogP) is 0.403. The summed E-state index contributed by atoms with van der Waals surface area (Å²) in [5.74, 6) is 5.56. The topological polar surface area (TPSA) is 92.7 Å². The maximum absolute atomic E-state index is 12.6. The zero-order chi connectivity index (χ0) is 13.6. The number of hydrazine groups is 1. The van der Waals surface area contributed by atoms with E-state index in [0.717, 1.165) is 12.8 Å². The Morgan fingerprint density at radius 2 is 2.21 bits per heavy atom. The standard InChI is InChI=1S/C11H15N5O2S/c1-15(8-5-6-8)19(17,18)11-10(14-12)13-9-4-2-3-7-16(9)11/h2-4,7-8,14H,5-6,12H2,1H3. The Labute approximate surface area is 111 Å². The molecule has 8 heteroatoms. The molecular weight excluding hydrogens is 266 g/mol. The average Bonchev–Trinajstić information content (AvgIpc) is 3.16. The summed E-state index contributed by atoms with van der Waals surface area (Å²) >= 11 is 0. The summed E-state index contributed by atoms with van der Waals surface area (Å²) in [5.41, 5.74) is 2.91. The molecule has 7 nitrogen and oxygen atoms in total. The Balaban J connectivity index is 2.23. The van der Waals surface area contributed by atoms with E-state index in [1.165, 1.54) is 8.71 Å². The lowest BCUT2D eigenvalue weighted by Crippen LogP contribution is -2.30. The second-order valence-corrected chi connectivity index (χ2v) is 6.50. The predicted molar refractivity (Wildman–Crippen MR) is 71.0 cm³/mol. The molecule has 2 aromatic rings. The minimum atomic E-state index is -3.61. The molecule has 19 heavy (non-hydrogen) atoms. The number of hydrogen-bond acceptors (Lipinski definition) is 5. The second-order valence-electron chi connectivity index (χ2n) is 4.59. The van der Waals surface area contributed by atoms with Crippen LogP contribution < -0.4 is 11.3 Å². The van der Waals surface area contributed by atoms with E-state index in [1.807, 2.05) is 0 Å². The van der Waals surface area contributed by atoms with Gasteiger partial charge < -0.3 is 5.43 Å². The molecule has 1 aliphatic rings. The minimum absolute atomic E-state index is 0.0833. The molecule has 3 N–H and O–H groups in total. The van der Waals surface area contributed by atoms with Gasteiger partial charge in [0, 0.05) is 19.3 Å². The van der Waals surface area contributed by atoms with Gasteiger partial charge in [0.25, 0.3) is 10.0 Å². The summed E-state index contributed by atoms with van der Waals surface area (Å²) in [6.07, 6.45) is 3.46. The lowest BCUT2D eigenvalue weighted by molar-refractivity contribution is 0.461. The van der Waals surface area contributed by atoms with Crippen LogP contribution in [0.1, 0.15) is 12.8 Å². The Bertz CT molecular complexity index is 720. The third kappa shape index (κ3) is 1.88. The highest BCUT2D eigenvalue weighted by Gasteiger charge is 2.38. The van der Waals surface area contributed by atoms with Gasteiger partial charge in [0.15, 0.2) is 5.82 Å². The molecule has 0 bridgehead atoms. The van der Waals surface area contributed by atoms with E-state index in [9.17, 15) is 8.42 Å². The molecule has 0 saturated heterocycles. The van der Waals surface area contributed by atoms with Crippen LogP contribution in [0.4, 0.5) is 5.82 Å². The van der Waals surface area contributed by atoms with Gasteiger partial charge in [0.1, 0.15) is 5.65 Å². The van der Waals surface area contributed by atoms with Gasteiger partial charge >= 0.3 is 0 Å². The molecule has 3 rings (SSSR count). The first-order valence-electron chi connectivity index (χ1n) is 5.97. The maximum Gasteiger partial charge on any atom is 0.262 e. The summed E-state index contributed by atoms with van der Waals surface area (Å²) in [6.45, 7) is 0. The van der Waals surface area contributed by atoms with Gasteiger partial charge in [-0.1, -0.05) is 6.07 Å². The number of fused-ring (bicyclic) bond motifs is 1. The summed E-state index contributed by atoms with van der Waals surface area (Å²) in [6, 6.07) is 5.37. The van der Waals surface area contributed by atoms with Crippen LogP contribution in [0.5, 0.6) is 0 Å². The molecule has 2 aromatic heterocycles. The van der Waals surface area contributed by atoms with Gasteiger partial charge in [-0.05, 0) is 25.0 Å². The van der Waals surface area contributed by atoms with Crippen molar-refractivity contribution in [1.29, 1.82) is 0 Å². The number of pyridine rings is 1. The van der Waals surface area contributed by atoms with E-state index in [4.69, 9.17) is 5.84 Å². The highest BCUT2D eigenvalue weighted by atomic mass is 32.2. The number of nitrogens with one attached hydrogen (secondary N) is 1. The van der Waals surface area contributed by atoms with Gasteiger partial charge in [-0.15, -0.1) is 0 Å². The van der Waals surface area contributed by atoms with Gasteiger partial charge in [-0.25, -0.2) is 19.2 Å². The van der Waals surface area contributed by atoms with Crippen LogP contribution in [0.15, 0.2) is 29.4 Å². The quantitative estimate of drug-likeness (QED) is 0.625. The van der Waals surface area contributed by atoms with Crippen LogP contribution in [0, 0.1) is 0 Å². The highest BCUT2D eigenvalue weighted by molar-refractivity contribution is 7.89. The summed E-state index contributed by atoms with van der Waals surface area (Å²) in [4.78, 5) is 4.18. The molecule has 0 unspecified atom stereocenters. The summed E-state index contributed by atoms with van der Waals surface area (Å²) in [7, 11) is -2.02. The van der Waals surface area contributed by atoms with Crippen molar-refractivity contribution in [2.45, 2.75) is 23.9 Å². The lowest BCUT2D eigenvalue weighted by Gasteiger charge is -2.16. The van der Waals surface area contributed by atoms with Crippen molar-refractivity contribution in [2.75, 3.05) is 12.5 Å². The van der Waals surface area contributed by atoms with E-state index in [2.05, 4.69) is 10.4 Å². The second kappa shape index (κ2) is 4.19. The van der Waals surface area contributed by atoms with Crippen LogP contribution in [0.25, 0.3) is 5.65 Å². The van der Waals surface area contributed by atoms with Gasteiger partial charge in [-0.2, -0.15) is 4.31 Å². The fourth-order valence-corrected chi connectivity index (χ4v) is 3.71. The first-order valence-corrected chi connectivity index (χ1v) is 7.41. The Hall–Kier alpha value is -1.64. The van der Waals surface area contributed by atoms with Crippen LogP contribution in [-0.2, 0) is 10.0 Å². The molecule has 0 atom stereocenters. The van der Waals surface area contributed by atoms with Crippen molar-refractivity contribution in [3.63, 3.8) is 0 Å². The normalized spacial score (nSPS) is 16.2. The zero-order valence-corrected chi connectivity index (χ0v) is 11.3. The minimum Gasteiger partial charge on any atom is -0.306 e. The fourth-order valence-electron chi connectivity index (χ4n) is 2.08. The molecule has 0 aromatic carbocycles. The lowest BCUT2D eigenvalue weighted by atomic mass is 10.5. The van der Waals surface area contributed by atoms with Gasteiger partial charge in [0.2, 0.25) is 5.03 Å². The number of nitrogens with two attached hydrogens (primary N) is 1. The first kappa shape index (κ1) is 12.4. The van der Waals surface area contributed by atoms with Crippen LogP contribution in [0.3, 0.4) is 0 Å². The fraction of sp³-hybridized carbons (Fsp3) is 0.364. The molecule has 0 radical (unpaired) electrons. The van der Waals surface area contributed by atoms with Gasteiger partial charge in [0.05, 0.1) is 0 Å². The number of imidazole rings is 1. The smallest absolute Gasteiger partial charge is 0.262 e. The van der Waals surface area contributed by atoms with Crippen LogP contribution in [-0.4, -0.2) is 35.2 Å². The van der Waals surface area contributed by atoms with Crippen molar-refractivity contribution in [2.24, 2.45) is 5.84 Å². The van der Waals surface area contributed by atoms with E-state index in [-0.39, 0.29) is 16.9 Å². The van der Waals surface area contributed by atoms with E-state index >= 15 is 0 Å². The third-order valence-electron chi connectivity index (χ3n) is 3.31. The van der Waals surface area contributed by atoms with Crippen LogP contribution >= 0.6 is 0 Å². The molecule has 1 aliphatic carbocycles. The number of nitrogens with zero attached hydrogens (tertiary/aromatic N) is 3. The molecule has 1 saturated carbocycles. The Morgan fingerprint density at radius 3 is 2.84 bits per heavy atom. The number of nitrogen functional groups attached to an aromatic ring is 1. The summed E-state index contributed by atoms with van der Waals surface area (Å²) in [5, 5.41) is 0.0833. The average molecular weight is 281 g/mol. The van der Waals surface area contributed by atoms with Crippen molar-refractivity contribution in [1.82, 2.24) is 13.7 Å². The number of anilines is 1.